The maximum atomic E-state index is 5.55. The number of hydrogen-bond acceptors (Lipinski definition) is 6. The van der Waals surface area contributed by atoms with E-state index in [-0.39, 0.29) is 6.04 Å². The van der Waals surface area contributed by atoms with E-state index >= 15 is 0 Å². The molecule has 6 nitrogen and oxygen atoms in total. The second-order valence-corrected chi connectivity index (χ2v) is 6.01. The Hall–Kier alpha value is -2.21. The lowest BCUT2D eigenvalue weighted by molar-refractivity contribution is 0.232. The van der Waals surface area contributed by atoms with Crippen molar-refractivity contribution in [2.24, 2.45) is 0 Å². The number of nitrogens with zero attached hydrogens (tertiary/aromatic N) is 2. The highest BCUT2D eigenvalue weighted by Crippen LogP contribution is 2.38. The van der Waals surface area contributed by atoms with Crippen molar-refractivity contribution in [1.82, 2.24) is 10.1 Å². The number of hydrogen-bond donors (Lipinski definition) is 0. The first kappa shape index (κ1) is 16.6. The second-order valence-electron chi connectivity index (χ2n) is 6.01. The van der Waals surface area contributed by atoms with Crippen LogP contribution in [0.5, 0.6) is 17.2 Å². The molecule has 6 heteroatoms. The van der Waals surface area contributed by atoms with Crippen LogP contribution in [0, 0.1) is 6.92 Å². The van der Waals surface area contributed by atoms with Crippen molar-refractivity contribution in [3.8, 4) is 17.2 Å². The summed E-state index contributed by atoms with van der Waals surface area (Å²) in [5.74, 6) is 3.03. The van der Waals surface area contributed by atoms with Gasteiger partial charge in [-0.3, -0.25) is 4.90 Å². The molecule has 1 aliphatic heterocycles. The smallest absolute Gasteiger partial charge is 0.164 e. The molecular formula is C18H24N2O4. The van der Waals surface area contributed by atoms with Crippen LogP contribution in [-0.2, 0) is 6.54 Å². The molecule has 1 saturated heterocycles. The zero-order valence-electron chi connectivity index (χ0n) is 14.7. The fraction of sp³-hybridized carbons (Fsp3) is 0.500. The highest BCUT2D eigenvalue weighted by atomic mass is 16.5. The van der Waals surface area contributed by atoms with Gasteiger partial charge in [0.1, 0.15) is 17.2 Å². The summed E-state index contributed by atoms with van der Waals surface area (Å²) in [6.45, 7) is 3.71. The van der Waals surface area contributed by atoms with Gasteiger partial charge in [0.15, 0.2) is 11.5 Å². The first-order valence-corrected chi connectivity index (χ1v) is 8.12. The average molecular weight is 332 g/mol. The molecule has 1 aromatic carbocycles. The van der Waals surface area contributed by atoms with E-state index in [0.717, 1.165) is 48.7 Å². The van der Waals surface area contributed by atoms with E-state index < -0.39 is 0 Å². The molecule has 0 saturated carbocycles. The van der Waals surface area contributed by atoms with Crippen molar-refractivity contribution in [1.29, 1.82) is 0 Å². The normalized spacial score (nSPS) is 17.9. The van der Waals surface area contributed by atoms with Gasteiger partial charge in [0, 0.05) is 24.2 Å². The van der Waals surface area contributed by atoms with Crippen LogP contribution >= 0.6 is 0 Å². The topological polar surface area (TPSA) is 57.0 Å². The van der Waals surface area contributed by atoms with E-state index in [4.69, 9.17) is 18.7 Å². The van der Waals surface area contributed by atoms with Gasteiger partial charge in [-0.15, -0.1) is 0 Å². The van der Waals surface area contributed by atoms with E-state index in [1.165, 1.54) is 0 Å². The van der Waals surface area contributed by atoms with Gasteiger partial charge in [-0.1, -0.05) is 5.16 Å². The van der Waals surface area contributed by atoms with E-state index in [1.54, 1.807) is 21.3 Å². The SMILES string of the molecule is COc1cc(OC)c(OC)cc1CN1CCCC1c1cc(C)on1. The monoisotopic (exact) mass is 332 g/mol. The van der Waals surface area contributed by atoms with Gasteiger partial charge in [0.2, 0.25) is 0 Å². The lowest BCUT2D eigenvalue weighted by Gasteiger charge is -2.24. The first-order chi connectivity index (χ1) is 11.7. The zero-order valence-corrected chi connectivity index (χ0v) is 14.7. The van der Waals surface area contributed by atoms with Crippen molar-refractivity contribution in [3.05, 3.63) is 35.2 Å². The molecule has 0 amide bonds. The molecule has 0 aliphatic carbocycles. The van der Waals surface area contributed by atoms with E-state index in [2.05, 4.69) is 10.1 Å². The van der Waals surface area contributed by atoms with Crippen molar-refractivity contribution in [3.63, 3.8) is 0 Å². The average Bonchev–Trinajstić information content (AvgIpc) is 3.23. The van der Waals surface area contributed by atoms with Crippen LogP contribution in [0.3, 0.4) is 0 Å². The summed E-state index contributed by atoms with van der Waals surface area (Å²) in [4.78, 5) is 2.40. The molecule has 0 N–H and O–H groups in total. The molecule has 0 bridgehead atoms. The van der Waals surface area contributed by atoms with Crippen molar-refractivity contribution in [2.75, 3.05) is 27.9 Å². The minimum absolute atomic E-state index is 0.278. The third kappa shape index (κ3) is 3.19. The van der Waals surface area contributed by atoms with Crippen LogP contribution in [0.4, 0.5) is 0 Å². The number of aromatic nitrogens is 1. The number of likely N-dealkylation sites (tertiary alicyclic amines) is 1. The molecular weight excluding hydrogens is 308 g/mol. The Bertz CT molecular complexity index is 698. The third-order valence-corrected chi connectivity index (χ3v) is 4.51. The molecule has 0 radical (unpaired) electrons. The quantitative estimate of drug-likeness (QED) is 0.808. The van der Waals surface area contributed by atoms with Gasteiger partial charge >= 0.3 is 0 Å². The van der Waals surface area contributed by atoms with Crippen molar-refractivity contribution >= 4 is 0 Å². The van der Waals surface area contributed by atoms with Gasteiger partial charge in [-0.25, -0.2) is 0 Å². The third-order valence-electron chi connectivity index (χ3n) is 4.51. The molecule has 1 aliphatic rings. The van der Waals surface area contributed by atoms with Crippen molar-refractivity contribution in [2.45, 2.75) is 32.4 Å². The molecule has 24 heavy (non-hydrogen) atoms. The van der Waals surface area contributed by atoms with Crippen LogP contribution in [0.25, 0.3) is 0 Å². The molecule has 1 aromatic heterocycles. The van der Waals surface area contributed by atoms with Gasteiger partial charge in [-0.2, -0.15) is 0 Å². The molecule has 1 atom stereocenters. The number of methoxy groups -OCH3 is 3. The van der Waals surface area contributed by atoms with E-state index in [9.17, 15) is 0 Å². The van der Waals surface area contributed by atoms with Crippen LogP contribution in [0.15, 0.2) is 22.7 Å². The highest BCUT2D eigenvalue weighted by Gasteiger charge is 2.29. The maximum absolute atomic E-state index is 5.55. The minimum Gasteiger partial charge on any atom is -0.496 e. The molecule has 2 heterocycles. The predicted octanol–water partition coefficient (Wildman–Crippen LogP) is 3.35. The zero-order chi connectivity index (χ0) is 17.1. The molecule has 3 rings (SSSR count). The van der Waals surface area contributed by atoms with Gasteiger partial charge < -0.3 is 18.7 Å². The standard InChI is InChI=1S/C18H24N2O4/c1-12-8-14(19-24-12)15-6-5-7-20(15)11-13-9-17(22-3)18(23-4)10-16(13)21-2/h8-10,15H,5-7,11H2,1-4H3. The first-order valence-electron chi connectivity index (χ1n) is 8.12. The summed E-state index contributed by atoms with van der Waals surface area (Å²) in [6, 6.07) is 6.16. The fourth-order valence-corrected chi connectivity index (χ4v) is 3.33. The van der Waals surface area contributed by atoms with Gasteiger partial charge in [0.05, 0.1) is 27.4 Å². The Morgan fingerprint density at radius 3 is 2.42 bits per heavy atom. The van der Waals surface area contributed by atoms with Gasteiger partial charge in [0.25, 0.3) is 0 Å². The molecule has 2 aromatic rings. The summed E-state index contributed by atoms with van der Waals surface area (Å²) >= 11 is 0. The molecule has 0 spiro atoms. The van der Waals surface area contributed by atoms with Crippen LogP contribution < -0.4 is 14.2 Å². The van der Waals surface area contributed by atoms with E-state index in [0.29, 0.717) is 11.5 Å². The second kappa shape index (κ2) is 7.13. The number of ether oxygens (including phenoxy) is 3. The Morgan fingerprint density at radius 2 is 1.79 bits per heavy atom. The summed E-state index contributed by atoms with van der Waals surface area (Å²) in [7, 11) is 4.94. The Balaban J connectivity index is 1.86. The molecule has 130 valence electrons. The summed E-state index contributed by atoms with van der Waals surface area (Å²) in [6.07, 6.45) is 2.23. The molecule has 1 unspecified atom stereocenters. The maximum Gasteiger partial charge on any atom is 0.164 e. The molecule has 1 fully saturated rings. The summed E-state index contributed by atoms with van der Waals surface area (Å²) in [5, 5.41) is 4.20. The lowest BCUT2D eigenvalue weighted by Crippen LogP contribution is -2.23. The van der Waals surface area contributed by atoms with E-state index in [1.807, 2.05) is 25.1 Å². The summed E-state index contributed by atoms with van der Waals surface area (Å²) in [5.41, 5.74) is 2.08. The largest absolute Gasteiger partial charge is 0.496 e. The number of rotatable bonds is 6. The lowest BCUT2D eigenvalue weighted by atomic mass is 10.1. The number of benzene rings is 1. The van der Waals surface area contributed by atoms with Crippen LogP contribution in [0.1, 0.15) is 35.9 Å². The fourth-order valence-electron chi connectivity index (χ4n) is 3.33. The van der Waals surface area contributed by atoms with Crippen LogP contribution in [0.2, 0.25) is 0 Å². The highest BCUT2D eigenvalue weighted by molar-refractivity contribution is 5.50. The number of aryl methyl sites for hydroxylation is 1. The Labute approximate surface area is 142 Å². The van der Waals surface area contributed by atoms with Crippen LogP contribution in [-0.4, -0.2) is 37.9 Å². The summed E-state index contributed by atoms with van der Waals surface area (Å²) < 4.78 is 21.6. The Kier molecular flexibility index (Phi) is 4.94. The Morgan fingerprint density at radius 1 is 1.08 bits per heavy atom. The predicted molar refractivity (Wildman–Crippen MR) is 89.7 cm³/mol. The van der Waals surface area contributed by atoms with Crippen molar-refractivity contribution < 1.29 is 18.7 Å². The minimum atomic E-state index is 0.278. The van der Waals surface area contributed by atoms with Gasteiger partial charge in [-0.05, 0) is 32.4 Å².